The molecule has 0 aliphatic carbocycles. The third-order valence-electron chi connectivity index (χ3n) is 5.99. The van der Waals surface area contributed by atoms with Crippen LogP contribution in [-0.2, 0) is 11.3 Å². The molecule has 3 aromatic rings. The predicted molar refractivity (Wildman–Crippen MR) is 121 cm³/mol. The second-order valence-corrected chi connectivity index (χ2v) is 8.12. The van der Waals surface area contributed by atoms with E-state index in [1.165, 1.54) is 22.8 Å². The van der Waals surface area contributed by atoms with E-state index in [0.29, 0.717) is 53.8 Å². The third kappa shape index (κ3) is 4.38. The Balaban J connectivity index is 1.66. The van der Waals surface area contributed by atoms with Crippen LogP contribution in [0.3, 0.4) is 0 Å². The summed E-state index contributed by atoms with van der Waals surface area (Å²) in [4.78, 5) is 26.5. The van der Waals surface area contributed by atoms with Gasteiger partial charge in [0.25, 0.3) is 5.91 Å². The van der Waals surface area contributed by atoms with Crippen molar-refractivity contribution in [1.82, 2.24) is 4.57 Å². The van der Waals surface area contributed by atoms with E-state index in [1.54, 1.807) is 25.1 Å². The van der Waals surface area contributed by atoms with E-state index in [0.717, 1.165) is 5.69 Å². The zero-order valence-electron chi connectivity index (χ0n) is 18.0. The van der Waals surface area contributed by atoms with Crippen LogP contribution in [-0.4, -0.2) is 45.9 Å². The highest BCUT2D eigenvalue weighted by Crippen LogP contribution is 2.30. The minimum absolute atomic E-state index is 0.179. The number of halogens is 1. The lowest BCUT2D eigenvalue weighted by atomic mass is 10.0. The van der Waals surface area contributed by atoms with Gasteiger partial charge in [0.2, 0.25) is 0 Å². The number of fused-ring (bicyclic) bond motifs is 1. The van der Waals surface area contributed by atoms with E-state index in [1.807, 2.05) is 4.90 Å². The first-order chi connectivity index (χ1) is 15.8. The lowest BCUT2D eigenvalue weighted by Crippen LogP contribution is -2.36. The molecular formula is C24H23FN4O4. The van der Waals surface area contributed by atoms with Gasteiger partial charge < -0.3 is 25.0 Å². The Morgan fingerprint density at radius 3 is 2.61 bits per heavy atom. The van der Waals surface area contributed by atoms with Crippen molar-refractivity contribution in [1.29, 1.82) is 5.26 Å². The van der Waals surface area contributed by atoms with Gasteiger partial charge in [-0.05, 0) is 56.2 Å². The van der Waals surface area contributed by atoms with Gasteiger partial charge in [0.1, 0.15) is 18.4 Å². The molecule has 0 spiro atoms. The van der Waals surface area contributed by atoms with Gasteiger partial charge >= 0.3 is 5.97 Å². The van der Waals surface area contributed by atoms with Crippen LogP contribution < -0.4 is 10.2 Å². The molecule has 1 aromatic heterocycles. The molecule has 0 saturated carbocycles. The van der Waals surface area contributed by atoms with Gasteiger partial charge in [0, 0.05) is 35.4 Å². The predicted octanol–water partition coefficient (Wildman–Crippen LogP) is 3.26. The number of aliphatic carboxylic acids is 1. The number of aliphatic hydroxyl groups is 1. The van der Waals surface area contributed by atoms with Gasteiger partial charge in [0.15, 0.2) is 0 Å². The van der Waals surface area contributed by atoms with Crippen molar-refractivity contribution in [2.24, 2.45) is 0 Å². The minimum atomic E-state index is -1.08. The first-order valence-electron chi connectivity index (χ1n) is 10.6. The molecule has 2 aromatic carbocycles. The summed E-state index contributed by atoms with van der Waals surface area (Å²) in [6, 6.07) is 11.1. The molecule has 0 bridgehead atoms. The summed E-state index contributed by atoms with van der Waals surface area (Å²) in [5.41, 5.74) is 2.55. The molecule has 1 aliphatic heterocycles. The number of anilines is 2. The molecule has 3 N–H and O–H groups in total. The maximum Gasteiger partial charge on any atom is 0.323 e. The molecule has 1 saturated heterocycles. The summed E-state index contributed by atoms with van der Waals surface area (Å²) in [5, 5.41) is 31.7. The van der Waals surface area contributed by atoms with Crippen molar-refractivity contribution in [2.75, 3.05) is 23.3 Å². The summed E-state index contributed by atoms with van der Waals surface area (Å²) < 4.78 is 15.4. The standard InChI is InChI=1S/C24H23FN4O4/c1-14-23(19-11-16(25)2-4-21(19)29(14)13-22(31)32)24(33)27-17-3-5-20(15(10-17)12-26)28-8-6-18(30)7-9-28/h2-5,10-11,18,30H,6-9,13H2,1H3,(H,27,33)(H,31,32). The van der Waals surface area contributed by atoms with Crippen molar-refractivity contribution in [3.8, 4) is 6.07 Å². The van der Waals surface area contributed by atoms with Crippen molar-refractivity contribution >= 4 is 34.2 Å². The van der Waals surface area contributed by atoms with Crippen LogP contribution in [0.15, 0.2) is 36.4 Å². The van der Waals surface area contributed by atoms with E-state index in [-0.39, 0.29) is 18.2 Å². The van der Waals surface area contributed by atoms with Crippen LogP contribution in [0.5, 0.6) is 0 Å². The van der Waals surface area contributed by atoms with Gasteiger partial charge in [-0.1, -0.05) is 0 Å². The number of hydrogen-bond donors (Lipinski definition) is 3. The average molecular weight is 450 g/mol. The number of hydrogen-bond acceptors (Lipinski definition) is 5. The largest absolute Gasteiger partial charge is 0.480 e. The lowest BCUT2D eigenvalue weighted by molar-refractivity contribution is -0.137. The van der Waals surface area contributed by atoms with Gasteiger partial charge in [0.05, 0.1) is 22.9 Å². The first kappa shape index (κ1) is 22.3. The van der Waals surface area contributed by atoms with Crippen molar-refractivity contribution in [3.63, 3.8) is 0 Å². The number of benzene rings is 2. The van der Waals surface area contributed by atoms with E-state index < -0.39 is 17.7 Å². The number of nitriles is 1. The van der Waals surface area contributed by atoms with Crippen LogP contribution in [0.4, 0.5) is 15.8 Å². The number of carbonyl (C=O) groups is 2. The fourth-order valence-corrected chi connectivity index (χ4v) is 4.36. The normalized spacial score (nSPS) is 14.3. The van der Waals surface area contributed by atoms with Crippen molar-refractivity contribution in [2.45, 2.75) is 32.4 Å². The maximum atomic E-state index is 13.9. The Labute approximate surface area is 189 Å². The number of aromatic nitrogens is 1. The first-order valence-corrected chi connectivity index (χ1v) is 10.6. The Kier molecular flexibility index (Phi) is 6.03. The number of carboxylic acids is 1. The summed E-state index contributed by atoms with van der Waals surface area (Å²) in [5.74, 6) is -2.14. The number of carboxylic acid groups (broad SMARTS) is 1. The van der Waals surface area contributed by atoms with Crippen LogP contribution in [0.1, 0.15) is 34.5 Å². The van der Waals surface area contributed by atoms with Gasteiger partial charge in [-0.2, -0.15) is 5.26 Å². The lowest BCUT2D eigenvalue weighted by Gasteiger charge is -2.32. The summed E-state index contributed by atoms with van der Waals surface area (Å²) in [6.45, 7) is 2.52. The summed E-state index contributed by atoms with van der Waals surface area (Å²) in [7, 11) is 0. The van der Waals surface area contributed by atoms with E-state index in [4.69, 9.17) is 0 Å². The van der Waals surface area contributed by atoms with Gasteiger partial charge in [-0.15, -0.1) is 0 Å². The number of carbonyl (C=O) groups excluding carboxylic acids is 1. The Bertz CT molecular complexity index is 1290. The van der Waals surface area contributed by atoms with E-state index in [2.05, 4.69) is 11.4 Å². The number of rotatable bonds is 5. The molecule has 1 amide bonds. The molecule has 0 radical (unpaired) electrons. The number of nitrogens with one attached hydrogen (secondary N) is 1. The fourth-order valence-electron chi connectivity index (χ4n) is 4.36. The van der Waals surface area contributed by atoms with Crippen LogP contribution >= 0.6 is 0 Å². The molecular weight excluding hydrogens is 427 g/mol. The summed E-state index contributed by atoms with van der Waals surface area (Å²) in [6.07, 6.45) is 0.917. The SMILES string of the molecule is Cc1c(C(=O)Nc2ccc(N3CCC(O)CC3)c(C#N)c2)c2cc(F)ccc2n1CC(=O)O. The number of amides is 1. The molecule has 0 atom stereocenters. The topological polar surface area (TPSA) is 119 Å². The Morgan fingerprint density at radius 2 is 1.94 bits per heavy atom. The smallest absolute Gasteiger partial charge is 0.323 e. The van der Waals surface area contributed by atoms with Crippen molar-refractivity contribution in [3.05, 3.63) is 59.0 Å². The fraction of sp³-hybridized carbons (Fsp3) is 0.292. The molecule has 170 valence electrons. The highest BCUT2D eigenvalue weighted by Gasteiger charge is 2.23. The highest BCUT2D eigenvalue weighted by atomic mass is 19.1. The van der Waals surface area contributed by atoms with Crippen LogP contribution in [0.2, 0.25) is 0 Å². The van der Waals surface area contributed by atoms with Crippen LogP contribution in [0.25, 0.3) is 10.9 Å². The van der Waals surface area contributed by atoms with Crippen LogP contribution in [0, 0.1) is 24.1 Å². The monoisotopic (exact) mass is 450 g/mol. The summed E-state index contributed by atoms with van der Waals surface area (Å²) >= 11 is 0. The number of piperidine rings is 1. The zero-order valence-corrected chi connectivity index (χ0v) is 18.0. The Hall–Kier alpha value is -3.90. The Morgan fingerprint density at radius 1 is 1.21 bits per heavy atom. The molecule has 1 fully saturated rings. The van der Waals surface area contributed by atoms with E-state index in [9.17, 15) is 29.5 Å². The average Bonchev–Trinajstić information content (AvgIpc) is 3.04. The molecule has 0 unspecified atom stereocenters. The molecule has 8 nitrogen and oxygen atoms in total. The number of nitrogens with zero attached hydrogens (tertiary/aromatic N) is 3. The van der Waals surface area contributed by atoms with Crippen molar-refractivity contribution < 1.29 is 24.2 Å². The molecule has 1 aliphatic rings. The van der Waals surface area contributed by atoms with E-state index >= 15 is 0 Å². The van der Waals surface area contributed by atoms with Gasteiger partial charge in [-0.3, -0.25) is 9.59 Å². The molecule has 33 heavy (non-hydrogen) atoms. The third-order valence-corrected chi connectivity index (χ3v) is 5.99. The highest BCUT2D eigenvalue weighted by molar-refractivity contribution is 6.14. The minimum Gasteiger partial charge on any atom is -0.480 e. The number of aliphatic hydroxyl groups excluding tert-OH is 1. The molecule has 4 rings (SSSR count). The second-order valence-electron chi connectivity index (χ2n) is 8.12. The maximum absolute atomic E-state index is 13.9. The van der Waals surface area contributed by atoms with Gasteiger partial charge in [-0.25, -0.2) is 4.39 Å². The second kappa shape index (κ2) is 8.92. The molecule has 9 heteroatoms. The zero-order chi connectivity index (χ0) is 23.7. The molecule has 2 heterocycles. The quantitative estimate of drug-likeness (QED) is 0.549.